The number of carbonyl (C=O) groups is 3. The Morgan fingerprint density at radius 2 is 1.80 bits per heavy atom. The van der Waals surface area contributed by atoms with E-state index in [-0.39, 0.29) is 49.3 Å². The van der Waals surface area contributed by atoms with Crippen molar-refractivity contribution < 1.29 is 38.8 Å². The van der Waals surface area contributed by atoms with Crippen LogP contribution >= 0.6 is 0 Å². The normalized spacial score (nSPS) is 31.9. The quantitative estimate of drug-likeness (QED) is 0.191. The largest absolute Gasteiger partial charge is 0.457 e. The number of allylic oxidation sites excluding steroid dienone is 2. The lowest BCUT2D eigenvalue weighted by Gasteiger charge is -2.36. The molecule has 45 heavy (non-hydrogen) atoms. The molecule has 0 aromatic rings. The lowest BCUT2D eigenvalue weighted by molar-refractivity contribution is -0.151. The molecule has 3 aliphatic rings. The minimum absolute atomic E-state index is 0.0342. The highest BCUT2D eigenvalue weighted by Gasteiger charge is 2.38. The number of carbonyl (C=O) groups excluding carboxylic acids is 3. The zero-order valence-electron chi connectivity index (χ0n) is 28.2. The third-order valence-corrected chi connectivity index (χ3v) is 9.15. The lowest BCUT2D eigenvalue weighted by atomic mass is 9.89. The molecule has 0 aliphatic carbocycles. The average molecular weight is 634 g/mol. The van der Waals surface area contributed by atoms with E-state index in [0.717, 1.165) is 31.5 Å². The Balaban J connectivity index is 1.70. The molecule has 0 saturated carbocycles. The van der Waals surface area contributed by atoms with E-state index in [1.54, 1.807) is 28.9 Å². The van der Waals surface area contributed by atoms with Gasteiger partial charge in [0.05, 0.1) is 19.1 Å². The molecule has 2 fully saturated rings. The number of rotatable bonds is 6. The first kappa shape index (κ1) is 36.6. The number of nitrogens with zero attached hydrogens (tertiary/aromatic N) is 3. The summed E-state index contributed by atoms with van der Waals surface area (Å²) in [5, 5.41) is 21.9. The second kappa shape index (κ2) is 16.1. The van der Waals surface area contributed by atoms with E-state index in [1.165, 1.54) is 0 Å². The number of likely N-dealkylation sites (tertiary alicyclic amines) is 1. The van der Waals surface area contributed by atoms with E-state index in [4.69, 9.17) is 14.2 Å². The molecule has 11 nitrogen and oxygen atoms in total. The minimum atomic E-state index is -1.46. The third-order valence-electron chi connectivity index (χ3n) is 9.15. The van der Waals surface area contributed by atoms with Crippen molar-refractivity contribution in [2.45, 2.75) is 103 Å². The molecular weight excluding hydrogens is 578 g/mol. The molecule has 2 amide bonds. The third kappa shape index (κ3) is 10.9. The van der Waals surface area contributed by atoms with Gasteiger partial charge in [0.1, 0.15) is 11.7 Å². The number of hydrogen-bond donors (Lipinski definition) is 2. The van der Waals surface area contributed by atoms with Crippen molar-refractivity contribution in [3.05, 3.63) is 36.0 Å². The highest BCUT2D eigenvalue weighted by molar-refractivity contribution is 5.71. The van der Waals surface area contributed by atoms with E-state index < -0.39 is 36.0 Å². The van der Waals surface area contributed by atoms with Gasteiger partial charge in [0, 0.05) is 50.1 Å². The second-order valence-electron chi connectivity index (χ2n) is 13.9. The van der Waals surface area contributed by atoms with E-state index in [1.807, 2.05) is 59.9 Å². The molecule has 2 N–H and O–H groups in total. The molecular formula is C34H55N3O8. The number of aliphatic hydroxyl groups excluding tert-OH is 1. The highest BCUT2D eigenvalue weighted by atomic mass is 16.6. The van der Waals surface area contributed by atoms with Crippen LogP contribution in [0.2, 0.25) is 0 Å². The fraction of sp³-hybridized carbons (Fsp3) is 0.735. The molecule has 0 bridgehead atoms. The number of ether oxygens (including phenoxy) is 3. The number of likely N-dealkylation sites (N-methyl/N-ethyl adjacent to an activating group) is 1. The standard InChI is InChI=1S/C34H55N3O8/c1-24(23-43-32(41)37-17-9-15-33(37,4)5)10-8-11-25(2)30-26(3)12-13-28(44-31(40)36-20-18-35(7)19-21-36)34(6,42)16-14-27(38)22-29(39)45-30/h8,10-13,24,26-28,30,38,42H,9,14-23H2,1-7H3/b10-8+,13-12-,25-11+/t24-,26+,27-,28+,30-,34-/m1/s1. The maximum Gasteiger partial charge on any atom is 0.410 e. The van der Waals surface area contributed by atoms with Gasteiger partial charge in [-0.25, -0.2) is 9.59 Å². The Labute approximate surface area is 268 Å². The topological polar surface area (TPSA) is 129 Å². The SMILES string of the molecule is C/C(=C\C=C\[C@@H](C)COC(=O)N1CCCC1(C)C)[C@H]1OC(=O)C[C@H](O)CC[C@@](C)(O)[C@@H](OC(=O)N2CCN(C)CC2)/C=C\[C@@H]1C. The van der Waals surface area contributed by atoms with E-state index in [2.05, 4.69) is 4.90 Å². The van der Waals surface area contributed by atoms with Crippen LogP contribution in [0.5, 0.6) is 0 Å². The van der Waals surface area contributed by atoms with Gasteiger partial charge in [-0.2, -0.15) is 0 Å². The Morgan fingerprint density at radius 3 is 2.44 bits per heavy atom. The van der Waals surface area contributed by atoms with Crippen LogP contribution in [0.3, 0.4) is 0 Å². The monoisotopic (exact) mass is 633 g/mol. The van der Waals surface area contributed by atoms with Crippen molar-refractivity contribution in [3.8, 4) is 0 Å². The number of esters is 1. The summed E-state index contributed by atoms with van der Waals surface area (Å²) in [5.74, 6) is -0.904. The van der Waals surface area contributed by atoms with Crippen molar-refractivity contribution >= 4 is 18.2 Å². The first-order chi connectivity index (χ1) is 21.1. The van der Waals surface area contributed by atoms with Crippen LogP contribution in [-0.2, 0) is 19.0 Å². The first-order valence-corrected chi connectivity index (χ1v) is 16.3. The van der Waals surface area contributed by atoms with Gasteiger partial charge >= 0.3 is 18.2 Å². The zero-order chi connectivity index (χ0) is 33.4. The molecule has 2 saturated heterocycles. The molecule has 0 radical (unpaired) electrons. The first-order valence-electron chi connectivity index (χ1n) is 16.3. The lowest BCUT2D eigenvalue weighted by Crippen LogP contribution is -2.50. The summed E-state index contributed by atoms with van der Waals surface area (Å²) in [4.78, 5) is 43.9. The molecule has 0 spiro atoms. The van der Waals surface area contributed by atoms with Gasteiger partial charge in [-0.15, -0.1) is 0 Å². The molecule has 0 unspecified atom stereocenters. The van der Waals surface area contributed by atoms with Gasteiger partial charge in [-0.1, -0.05) is 38.2 Å². The number of piperazine rings is 1. The van der Waals surface area contributed by atoms with Crippen LogP contribution in [0.4, 0.5) is 9.59 Å². The van der Waals surface area contributed by atoms with Crippen molar-refractivity contribution in [1.82, 2.24) is 14.7 Å². The summed E-state index contributed by atoms with van der Waals surface area (Å²) in [6.45, 7) is 14.9. The maximum atomic E-state index is 13.0. The van der Waals surface area contributed by atoms with Crippen molar-refractivity contribution in [2.75, 3.05) is 46.4 Å². The fourth-order valence-electron chi connectivity index (χ4n) is 5.90. The number of amides is 2. The Bertz CT molecular complexity index is 1110. The molecule has 0 aromatic heterocycles. The number of aliphatic hydroxyl groups is 2. The van der Waals surface area contributed by atoms with Gasteiger partial charge < -0.3 is 39.1 Å². The van der Waals surface area contributed by atoms with Crippen molar-refractivity contribution in [2.24, 2.45) is 11.8 Å². The van der Waals surface area contributed by atoms with Gasteiger partial charge in [0.15, 0.2) is 6.10 Å². The predicted octanol–water partition coefficient (Wildman–Crippen LogP) is 4.29. The summed E-state index contributed by atoms with van der Waals surface area (Å²) in [6.07, 6.45) is 7.65. The molecule has 11 heteroatoms. The highest BCUT2D eigenvalue weighted by Crippen LogP contribution is 2.29. The van der Waals surface area contributed by atoms with Crippen LogP contribution in [0.25, 0.3) is 0 Å². The van der Waals surface area contributed by atoms with Crippen LogP contribution < -0.4 is 0 Å². The maximum absolute atomic E-state index is 13.0. The molecule has 3 rings (SSSR count). The second-order valence-corrected chi connectivity index (χ2v) is 13.9. The summed E-state index contributed by atoms with van der Waals surface area (Å²) < 4.78 is 17.2. The van der Waals surface area contributed by atoms with Crippen LogP contribution in [0.1, 0.15) is 73.6 Å². The summed E-state index contributed by atoms with van der Waals surface area (Å²) in [7, 11) is 2.00. The summed E-state index contributed by atoms with van der Waals surface area (Å²) in [6, 6.07) is 0. The van der Waals surface area contributed by atoms with Gasteiger partial charge in [0.2, 0.25) is 0 Å². The smallest absolute Gasteiger partial charge is 0.410 e. The van der Waals surface area contributed by atoms with E-state index >= 15 is 0 Å². The minimum Gasteiger partial charge on any atom is -0.457 e. The Morgan fingerprint density at radius 1 is 1.11 bits per heavy atom. The van der Waals surface area contributed by atoms with E-state index in [9.17, 15) is 24.6 Å². The molecule has 0 aromatic carbocycles. The number of cyclic esters (lactones) is 1. The van der Waals surface area contributed by atoms with Gasteiger partial charge in [-0.3, -0.25) is 4.79 Å². The molecule has 3 aliphatic heterocycles. The van der Waals surface area contributed by atoms with Gasteiger partial charge in [-0.05, 0) is 72.1 Å². The van der Waals surface area contributed by atoms with Crippen molar-refractivity contribution in [3.63, 3.8) is 0 Å². The fourth-order valence-corrected chi connectivity index (χ4v) is 5.90. The van der Waals surface area contributed by atoms with Crippen LogP contribution in [0, 0.1) is 11.8 Å². The Kier molecular flexibility index (Phi) is 13.1. The molecule has 3 heterocycles. The van der Waals surface area contributed by atoms with Crippen LogP contribution in [-0.4, -0.2) is 119 Å². The van der Waals surface area contributed by atoms with Crippen LogP contribution in [0.15, 0.2) is 36.0 Å². The zero-order valence-corrected chi connectivity index (χ0v) is 28.2. The summed E-state index contributed by atoms with van der Waals surface area (Å²) in [5.41, 5.74) is -0.885. The Hall–Kier alpha value is -2.89. The number of hydrogen-bond acceptors (Lipinski definition) is 9. The van der Waals surface area contributed by atoms with Crippen molar-refractivity contribution in [1.29, 1.82) is 0 Å². The van der Waals surface area contributed by atoms with E-state index in [0.29, 0.717) is 19.6 Å². The van der Waals surface area contributed by atoms with Gasteiger partial charge in [0.25, 0.3) is 0 Å². The average Bonchev–Trinajstić information content (AvgIpc) is 3.33. The predicted molar refractivity (Wildman–Crippen MR) is 171 cm³/mol. The molecule has 6 atom stereocenters. The summed E-state index contributed by atoms with van der Waals surface area (Å²) >= 11 is 0. The molecule has 254 valence electrons.